The molecular formula is C16H32F2N2. The molecule has 1 fully saturated rings. The Morgan fingerprint density at radius 2 is 2.00 bits per heavy atom. The molecule has 1 aliphatic rings. The fourth-order valence-electron chi connectivity index (χ4n) is 3.45. The maximum Gasteiger partial charge on any atom is 0.251 e. The maximum absolute atomic E-state index is 12.6. The molecule has 120 valence electrons. The molecule has 2 nitrogen and oxygen atoms in total. The van der Waals surface area contributed by atoms with Gasteiger partial charge in [0.05, 0.1) is 6.54 Å². The molecule has 2 atom stereocenters. The third kappa shape index (κ3) is 6.49. The van der Waals surface area contributed by atoms with Crippen LogP contribution < -0.4 is 5.32 Å². The second-order valence-corrected chi connectivity index (χ2v) is 7.89. The van der Waals surface area contributed by atoms with Gasteiger partial charge in [0.2, 0.25) is 0 Å². The average molecular weight is 290 g/mol. The fourth-order valence-corrected chi connectivity index (χ4v) is 3.45. The van der Waals surface area contributed by atoms with Crippen molar-refractivity contribution in [2.45, 2.75) is 65.3 Å². The van der Waals surface area contributed by atoms with Crippen LogP contribution in [0.15, 0.2) is 0 Å². The van der Waals surface area contributed by atoms with Gasteiger partial charge >= 0.3 is 0 Å². The first-order valence-electron chi connectivity index (χ1n) is 7.84. The average Bonchev–Trinajstić information content (AvgIpc) is 2.24. The molecule has 0 saturated heterocycles. The summed E-state index contributed by atoms with van der Waals surface area (Å²) in [5.41, 5.74) is 0.226. The van der Waals surface area contributed by atoms with Crippen LogP contribution in [0.25, 0.3) is 0 Å². The lowest BCUT2D eigenvalue weighted by Crippen LogP contribution is -2.50. The third-order valence-corrected chi connectivity index (χ3v) is 4.23. The molecule has 4 heteroatoms. The van der Waals surface area contributed by atoms with E-state index in [1.165, 1.54) is 12.8 Å². The van der Waals surface area contributed by atoms with Gasteiger partial charge in [0.15, 0.2) is 0 Å². The number of hydrogen-bond donors (Lipinski definition) is 1. The Kier molecular flexibility index (Phi) is 6.39. The number of nitrogens with one attached hydrogen (secondary N) is 1. The van der Waals surface area contributed by atoms with E-state index < -0.39 is 6.43 Å². The minimum atomic E-state index is -2.24. The Hall–Kier alpha value is -0.220. The Morgan fingerprint density at radius 3 is 2.50 bits per heavy atom. The first-order valence-corrected chi connectivity index (χ1v) is 7.84. The lowest BCUT2D eigenvalue weighted by Gasteiger charge is -2.44. The van der Waals surface area contributed by atoms with Gasteiger partial charge < -0.3 is 10.2 Å². The standard InChI is InChI=1S/C16H32F2N2/c1-13-7-6-8-16(9-13,11-19-15(2,3)4)12-20(5)10-14(17)18/h13-14,19H,6-12H2,1-5H3. The van der Waals surface area contributed by atoms with E-state index in [4.69, 9.17) is 0 Å². The minimum Gasteiger partial charge on any atom is -0.311 e. The molecular weight excluding hydrogens is 258 g/mol. The van der Waals surface area contributed by atoms with Gasteiger partial charge in [-0.25, -0.2) is 8.78 Å². The maximum atomic E-state index is 12.6. The van der Waals surface area contributed by atoms with E-state index in [0.29, 0.717) is 5.92 Å². The molecule has 0 aromatic rings. The molecule has 20 heavy (non-hydrogen) atoms. The topological polar surface area (TPSA) is 15.3 Å². The van der Waals surface area contributed by atoms with Gasteiger partial charge in [0.25, 0.3) is 6.43 Å². The van der Waals surface area contributed by atoms with Crippen molar-refractivity contribution < 1.29 is 8.78 Å². The minimum absolute atomic E-state index is 0.0783. The molecule has 0 bridgehead atoms. The van der Waals surface area contributed by atoms with Gasteiger partial charge in [-0.15, -0.1) is 0 Å². The molecule has 1 saturated carbocycles. The summed E-state index contributed by atoms with van der Waals surface area (Å²) in [5, 5.41) is 3.60. The monoisotopic (exact) mass is 290 g/mol. The molecule has 0 aromatic heterocycles. The van der Waals surface area contributed by atoms with E-state index >= 15 is 0 Å². The molecule has 0 spiro atoms. The number of alkyl halides is 2. The van der Waals surface area contributed by atoms with Gasteiger partial charge in [-0.05, 0) is 52.0 Å². The van der Waals surface area contributed by atoms with Crippen LogP contribution in [0.4, 0.5) is 8.78 Å². The van der Waals surface area contributed by atoms with E-state index in [1.807, 2.05) is 11.9 Å². The van der Waals surface area contributed by atoms with E-state index in [0.717, 1.165) is 25.9 Å². The normalized spacial score (nSPS) is 28.4. The van der Waals surface area contributed by atoms with Crippen molar-refractivity contribution in [3.63, 3.8) is 0 Å². The van der Waals surface area contributed by atoms with Crippen molar-refractivity contribution in [2.24, 2.45) is 11.3 Å². The summed E-state index contributed by atoms with van der Waals surface area (Å²) in [4.78, 5) is 1.81. The van der Waals surface area contributed by atoms with Gasteiger partial charge in [0, 0.05) is 18.6 Å². The summed E-state index contributed by atoms with van der Waals surface area (Å²) < 4.78 is 25.1. The first-order chi connectivity index (χ1) is 9.12. The van der Waals surface area contributed by atoms with E-state index in [-0.39, 0.29) is 17.5 Å². The summed E-state index contributed by atoms with van der Waals surface area (Å²) >= 11 is 0. The summed E-state index contributed by atoms with van der Waals surface area (Å²) in [6.45, 7) is 10.4. The van der Waals surface area contributed by atoms with Crippen LogP contribution >= 0.6 is 0 Å². The number of rotatable bonds is 6. The highest BCUT2D eigenvalue weighted by Crippen LogP contribution is 2.39. The van der Waals surface area contributed by atoms with Crippen LogP contribution in [0.3, 0.4) is 0 Å². The van der Waals surface area contributed by atoms with Crippen LogP contribution in [0.5, 0.6) is 0 Å². The van der Waals surface area contributed by atoms with Gasteiger partial charge in [0.1, 0.15) is 0 Å². The molecule has 1 rings (SSSR count). The van der Waals surface area contributed by atoms with Crippen LogP contribution in [0, 0.1) is 11.3 Å². The number of halogens is 2. The highest BCUT2D eigenvalue weighted by Gasteiger charge is 2.36. The van der Waals surface area contributed by atoms with E-state index in [9.17, 15) is 8.78 Å². The lowest BCUT2D eigenvalue weighted by atomic mass is 9.69. The predicted octanol–water partition coefficient (Wildman–Crippen LogP) is 3.77. The van der Waals surface area contributed by atoms with Crippen LogP contribution in [-0.4, -0.2) is 43.5 Å². The Bertz CT molecular complexity index is 289. The summed E-state index contributed by atoms with van der Waals surface area (Å²) in [7, 11) is 1.82. The molecule has 1 N–H and O–H groups in total. The number of nitrogens with zero attached hydrogens (tertiary/aromatic N) is 1. The highest BCUT2D eigenvalue weighted by molar-refractivity contribution is 4.91. The zero-order valence-corrected chi connectivity index (χ0v) is 13.8. The Morgan fingerprint density at radius 1 is 1.35 bits per heavy atom. The van der Waals surface area contributed by atoms with Crippen molar-refractivity contribution in [1.82, 2.24) is 10.2 Å². The molecule has 0 heterocycles. The second-order valence-electron chi connectivity index (χ2n) is 7.89. The predicted molar refractivity (Wildman–Crippen MR) is 81.3 cm³/mol. The van der Waals surface area contributed by atoms with Crippen LogP contribution in [0.1, 0.15) is 53.4 Å². The van der Waals surface area contributed by atoms with Gasteiger partial charge in [-0.1, -0.05) is 19.8 Å². The molecule has 0 radical (unpaired) electrons. The van der Waals surface area contributed by atoms with Gasteiger partial charge in [-0.2, -0.15) is 0 Å². The van der Waals surface area contributed by atoms with E-state index in [2.05, 4.69) is 33.0 Å². The van der Waals surface area contributed by atoms with Crippen molar-refractivity contribution in [2.75, 3.05) is 26.7 Å². The zero-order valence-electron chi connectivity index (χ0n) is 13.8. The quantitative estimate of drug-likeness (QED) is 0.801. The largest absolute Gasteiger partial charge is 0.311 e. The van der Waals surface area contributed by atoms with Crippen molar-refractivity contribution in [3.8, 4) is 0 Å². The number of hydrogen-bond acceptors (Lipinski definition) is 2. The Balaban J connectivity index is 2.68. The SMILES string of the molecule is CC1CCCC(CNC(C)(C)C)(CN(C)CC(F)F)C1. The molecule has 1 aliphatic carbocycles. The molecule has 0 aromatic carbocycles. The van der Waals surface area contributed by atoms with E-state index in [1.54, 1.807) is 0 Å². The highest BCUT2D eigenvalue weighted by atomic mass is 19.3. The Labute approximate surface area is 123 Å². The van der Waals surface area contributed by atoms with Crippen LogP contribution in [0.2, 0.25) is 0 Å². The van der Waals surface area contributed by atoms with Crippen molar-refractivity contribution in [3.05, 3.63) is 0 Å². The summed E-state index contributed by atoms with van der Waals surface area (Å²) in [6.07, 6.45) is 2.54. The van der Waals surface area contributed by atoms with Gasteiger partial charge in [-0.3, -0.25) is 0 Å². The molecule has 0 amide bonds. The summed E-state index contributed by atoms with van der Waals surface area (Å²) in [5.74, 6) is 0.700. The zero-order chi connectivity index (χ0) is 15.4. The summed E-state index contributed by atoms with van der Waals surface area (Å²) in [6, 6.07) is 0. The molecule has 2 unspecified atom stereocenters. The smallest absolute Gasteiger partial charge is 0.251 e. The van der Waals surface area contributed by atoms with Crippen molar-refractivity contribution >= 4 is 0 Å². The third-order valence-electron chi connectivity index (χ3n) is 4.23. The second kappa shape index (κ2) is 7.17. The van der Waals surface area contributed by atoms with Crippen molar-refractivity contribution in [1.29, 1.82) is 0 Å². The van der Waals surface area contributed by atoms with Crippen LogP contribution in [-0.2, 0) is 0 Å². The fraction of sp³-hybridized carbons (Fsp3) is 1.00. The molecule has 0 aliphatic heterocycles. The lowest BCUT2D eigenvalue weighted by molar-refractivity contribution is 0.0467. The first kappa shape index (κ1) is 17.8.